The van der Waals surface area contributed by atoms with Crippen LogP contribution in [-0.2, 0) is 9.59 Å². The Balaban J connectivity index is 2.81. The van der Waals surface area contributed by atoms with Crippen molar-refractivity contribution in [3.05, 3.63) is 53.6 Å². The number of phenolic OH excluding ortho intramolecular Hbond substituents is 2. The Labute approximate surface area is 160 Å². The number of methoxy groups -OCH3 is 2. The normalized spacial score (nSPS) is 11.0. The monoisotopic (exact) mass is 386 g/mol. The van der Waals surface area contributed by atoms with Gasteiger partial charge >= 0.3 is 11.9 Å². The summed E-state index contributed by atoms with van der Waals surface area (Å²) in [6.07, 6.45) is 1.11. The molecule has 0 fully saturated rings. The van der Waals surface area contributed by atoms with Crippen molar-refractivity contribution in [1.82, 2.24) is 0 Å². The van der Waals surface area contributed by atoms with E-state index in [-0.39, 0.29) is 39.5 Å². The summed E-state index contributed by atoms with van der Waals surface area (Å²) in [4.78, 5) is 23.1. The highest BCUT2D eigenvalue weighted by atomic mass is 16.5. The number of hydrogen-bond donors (Lipinski definition) is 4. The molecule has 2 rings (SSSR count). The molecule has 0 aliphatic heterocycles. The fourth-order valence-electron chi connectivity index (χ4n) is 2.52. The van der Waals surface area contributed by atoms with Crippen LogP contribution in [0.1, 0.15) is 16.7 Å². The van der Waals surface area contributed by atoms with E-state index in [2.05, 4.69) is 6.58 Å². The number of phenols is 2. The van der Waals surface area contributed by atoms with E-state index in [1.54, 1.807) is 0 Å². The van der Waals surface area contributed by atoms with Gasteiger partial charge < -0.3 is 29.9 Å². The van der Waals surface area contributed by atoms with Crippen LogP contribution >= 0.6 is 0 Å². The van der Waals surface area contributed by atoms with Crippen LogP contribution in [0.4, 0.5) is 0 Å². The van der Waals surface area contributed by atoms with Gasteiger partial charge in [-0.25, -0.2) is 9.59 Å². The van der Waals surface area contributed by atoms with Crippen molar-refractivity contribution >= 4 is 29.2 Å². The average Bonchev–Trinajstić information content (AvgIpc) is 2.66. The fourth-order valence-corrected chi connectivity index (χ4v) is 2.52. The lowest BCUT2D eigenvalue weighted by Crippen LogP contribution is -2.04. The lowest BCUT2D eigenvalue weighted by atomic mass is 9.96. The zero-order valence-corrected chi connectivity index (χ0v) is 15.1. The molecule has 8 nitrogen and oxygen atoms in total. The van der Waals surface area contributed by atoms with E-state index in [1.165, 1.54) is 44.6 Å². The van der Waals surface area contributed by atoms with Gasteiger partial charge in [-0.05, 0) is 35.9 Å². The molecular weight excluding hydrogens is 368 g/mol. The first-order valence-corrected chi connectivity index (χ1v) is 7.86. The summed E-state index contributed by atoms with van der Waals surface area (Å²) >= 11 is 0. The molecule has 0 atom stereocenters. The number of carboxylic acids is 2. The predicted molar refractivity (Wildman–Crippen MR) is 101 cm³/mol. The van der Waals surface area contributed by atoms with E-state index >= 15 is 0 Å². The van der Waals surface area contributed by atoms with E-state index in [0.29, 0.717) is 0 Å². The topological polar surface area (TPSA) is 134 Å². The van der Waals surface area contributed by atoms with Gasteiger partial charge in [0.05, 0.1) is 30.9 Å². The Morgan fingerprint density at radius 2 is 1.64 bits per heavy atom. The molecule has 0 saturated heterocycles. The second-order valence-corrected chi connectivity index (χ2v) is 5.61. The summed E-state index contributed by atoms with van der Waals surface area (Å²) in [5.74, 6) is -3.42. The van der Waals surface area contributed by atoms with Gasteiger partial charge in [0.15, 0.2) is 11.5 Å². The van der Waals surface area contributed by atoms with Crippen molar-refractivity contribution in [3.63, 3.8) is 0 Å². The van der Waals surface area contributed by atoms with Gasteiger partial charge in [-0.1, -0.05) is 12.6 Å². The molecule has 0 aliphatic rings. The minimum atomic E-state index is -1.43. The zero-order chi connectivity index (χ0) is 21.0. The van der Waals surface area contributed by atoms with E-state index in [9.17, 15) is 24.9 Å². The van der Waals surface area contributed by atoms with E-state index in [4.69, 9.17) is 14.6 Å². The van der Waals surface area contributed by atoms with Crippen LogP contribution in [0.5, 0.6) is 23.0 Å². The summed E-state index contributed by atoms with van der Waals surface area (Å²) < 4.78 is 10.2. The summed E-state index contributed by atoms with van der Waals surface area (Å²) in [6.45, 7) is 3.44. The molecule has 0 spiro atoms. The Bertz CT molecular complexity index is 988. The fraction of sp³-hybridized carbons (Fsp3) is 0.100. The largest absolute Gasteiger partial charge is 0.507 e. The average molecular weight is 386 g/mol. The molecule has 146 valence electrons. The van der Waals surface area contributed by atoms with Crippen molar-refractivity contribution in [1.29, 1.82) is 0 Å². The maximum Gasteiger partial charge on any atom is 0.336 e. The molecule has 0 unspecified atom stereocenters. The molecule has 0 aliphatic carbocycles. The number of rotatable bonds is 7. The van der Waals surface area contributed by atoms with Gasteiger partial charge in [0.1, 0.15) is 11.5 Å². The highest BCUT2D eigenvalue weighted by Crippen LogP contribution is 2.40. The third-order valence-corrected chi connectivity index (χ3v) is 3.97. The van der Waals surface area contributed by atoms with Crippen molar-refractivity contribution < 1.29 is 39.5 Å². The van der Waals surface area contributed by atoms with Gasteiger partial charge in [-0.15, -0.1) is 0 Å². The lowest BCUT2D eigenvalue weighted by molar-refractivity contribution is -0.131. The number of benzene rings is 2. The smallest absolute Gasteiger partial charge is 0.336 e. The van der Waals surface area contributed by atoms with Crippen LogP contribution in [0.2, 0.25) is 0 Å². The Morgan fingerprint density at radius 3 is 2.18 bits per heavy atom. The minimum Gasteiger partial charge on any atom is -0.507 e. The second-order valence-electron chi connectivity index (χ2n) is 5.61. The summed E-state index contributed by atoms with van der Waals surface area (Å²) in [6, 6.07) is 6.78. The van der Waals surface area contributed by atoms with Crippen LogP contribution in [0.3, 0.4) is 0 Å². The molecule has 0 amide bonds. The number of carboxylic acid groups (broad SMARTS) is 2. The highest BCUT2D eigenvalue weighted by Gasteiger charge is 2.22. The van der Waals surface area contributed by atoms with Crippen LogP contribution in [0.25, 0.3) is 17.2 Å². The molecule has 0 saturated carbocycles. The maximum absolute atomic E-state index is 11.9. The molecular formula is C20H18O8. The molecule has 0 radical (unpaired) electrons. The highest BCUT2D eigenvalue weighted by molar-refractivity contribution is 6.22. The van der Waals surface area contributed by atoms with Crippen molar-refractivity contribution in [2.75, 3.05) is 14.2 Å². The van der Waals surface area contributed by atoms with Crippen molar-refractivity contribution in [2.24, 2.45) is 0 Å². The number of ether oxygens (including phenoxy) is 2. The molecule has 28 heavy (non-hydrogen) atoms. The molecule has 2 aromatic carbocycles. The Kier molecular flexibility index (Phi) is 5.95. The van der Waals surface area contributed by atoms with E-state index in [0.717, 1.165) is 6.08 Å². The first-order chi connectivity index (χ1) is 13.2. The number of hydrogen-bond acceptors (Lipinski definition) is 6. The lowest BCUT2D eigenvalue weighted by Gasteiger charge is -2.14. The van der Waals surface area contributed by atoms with Gasteiger partial charge in [-0.2, -0.15) is 0 Å². The molecule has 0 heterocycles. The van der Waals surface area contributed by atoms with Gasteiger partial charge in [0.25, 0.3) is 0 Å². The second kappa shape index (κ2) is 8.17. The molecule has 0 bridgehead atoms. The SMILES string of the molecule is C=C(C(=O)O)c1cc(OC)c(O)c(/C(=C/c2c(O)cccc2OC)C(=O)O)c1. The maximum atomic E-state index is 11.9. The van der Waals surface area contributed by atoms with Gasteiger partial charge in [0, 0.05) is 5.56 Å². The number of carbonyl (C=O) groups is 2. The standard InChI is InChI=1S/C20H18O8/c1-10(19(23)24)11-7-12(18(22)17(8-11)28-3)13(20(25)26)9-14-15(21)5-4-6-16(14)27-2/h4-9,21-22H,1H2,2-3H3,(H,23,24)(H,25,26)/b13-9-. The third-order valence-electron chi connectivity index (χ3n) is 3.97. The zero-order valence-electron chi connectivity index (χ0n) is 15.1. The summed E-state index contributed by atoms with van der Waals surface area (Å²) in [5, 5.41) is 39.4. The van der Waals surface area contributed by atoms with Gasteiger partial charge in [0.2, 0.25) is 0 Å². The molecule has 0 aromatic heterocycles. The molecule has 2 aromatic rings. The quantitative estimate of drug-likeness (QED) is 0.422. The first-order valence-electron chi connectivity index (χ1n) is 7.86. The number of aromatic hydroxyl groups is 2. The first kappa shape index (κ1) is 20.4. The number of aliphatic carboxylic acids is 2. The Morgan fingerprint density at radius 1 is 1.00 bits per heavy atom. The van der Waals surface area contributed by atoms with Crippen LogP contribution in [0.15, 0.2) is 36.9 Å². The third kappa shape index (κ3) is 3.90. The van der Waals surface area contributed by atoms with Crippen LogP contribution < -0.4 is 9.47 Å². The minimum absolute atomic E-state index is 0.0496. The van der Waals surface area contributed by atoms with Crippen LogP contribution in [-0.4, -0.2) is 46.6 Å². The van der Waals surface area contributed by atoms with Crippen molar-refractivity contribution in [2.45, 2.75) is 0 Å². The van der Waals surface area contributed by atoms with Crippen molar-refractivity contribution in [3.8, 4) is 23.0 Å². The van der Waals surface area contributed by atoms with E-state index < -0.39 is 23.3 Å². The van der Waals surface area contributed by atoms with Gasteiger partial charge in [-0.3, -0.25) is 0 Å². The summed E-state index contributed by atoms with van der Waals surface area (Å²) in [5.41, 5.74) is -0.827. The van der Waals surface area contributed by atoms with E-state index in [1.807, 2.05) is 0 Å². The molecule has 4 N–H and O–H groups in total. The molecule has 8 heteroatoms. The van der Waals surface area contributed by atoms with Crippen LogP contribution in [0, 0.1) is 0 Å². The predicted octanol–water partition coefficient (Wildman–Crippen LogP) is 2.84. The summed E-state index contributed by atoms with van der Waals surface area (Å²) in [7, 11) is 2.59. The Hall–Kier alpha value is -3.94.